The monoisotopic (exact) mass is 279 g/mol. The van der Waals surface area contributed by atoms with Crippen LogP contribution in [0, 0.1) is 0 Å². The molecule has 1 aromatic carbocycles. The fourth-order valence-electron chi connectivity index (χ4n) is 2.20. The summed E-state index contributed by atoms with van der Waals surface area (Å²) in [5.74, 6) is 0. The highest BCUT2D eigenvalue weighted by molar-refractivity contribution is 7.80. The van der Waals surface area contributed by atoms with E-state index >= 15 is 0 Å². The fourth-order valence-corrected chi connectivity index (χ4v) is 2.38. The first-order valence-electron chi connectivity index (χ1n) is 6.70. The number of hydrogen-bond donors (Lipinski definition) is 2. The summed E-state index contributed by atoms with van der Waals surface area (Å²) in [7, 11) is 0. The number of para-hydroxylation sites is 1. The molecule has 0 saturated carbocycles. The van der Waals surface area contributed by atoms with Crippen molar-refractivity contribution in [1.82, 2.24) is 4.90 Å². The van der Waals surface area contributed by atoms with E-state index < -0.39 is 0 Å². The molecule has 2 rings (SSSR count). The maximum atomic E-state index is 5.71. The van der Waals surface area contributed by atoms with Crippen LogP contribution in [-0.2, 0) is 4.74 Å². The predicted molar refractivity (Wildman–Crippen MR) is 82.7 cm³/mol. The van der Waals surface area contributed by atoms with E-state index in [9.17, 15) is 0 Å². The lowest BCUT2D eigenvalue weighted by Gasteiger charge is -2.26. The second-order valence-corrected chi connectivity index (χ2v) is 5.08. The van der Waals surface area contributed by atoms with Crippen LogP contribution in [0.1, 0.15) is 12.0 Å². The molecule has 0 bridgehead atoms. The predicted octanol–water partition coefficient (Wildman–Crippen LogP) is 1.45. The molecule has 0 aliphatic carbocycles. The van der Waals surface area contributed by atoms with Crippen LogP contribution in [0.25, 0.3) is 0 Å². The van der Waals surface area contributed by atoms with Gasteiger partial charge in [0.25, 0.3) is 0 Å². The van der Waals surface area contributed by atoms with Gasteiger partial charge in [0.2, 0.25) is 0 Å². The Labute approximate surface area is 119 Å². The molecule has 1 saturated heterocycles. The number of hydrogen-bond acceptors (Lipinski definition) is 4. The molecule has 1 aliphatic heterocycles. The molecule has 104 valence electrons. The third-order valence-corrected chi connectivity index (χ3v) is 3.48. The normalized spacial score (nSPS) is 16.2. The van der Waals surface area contributed by atoms with Gasteiger partial charge >= 0.3 is 0 Å². The number of thiocarbonyl (C=S) groups is 1. The largest absolute Gasteiger partial charge is 0.389 e. The summed E-state index contributed by atoms with van der Waals surface area (Å²) < 4.78 is 5.33. The molecule has 0 atom stereocenters. The van der Waals surface area contributed by atoms with E-state index in [4.69, 9.17) is 22.7 Å². The van der Waals surface area contributed by atoms with Gasteiger partial charge in [-0.25, -0.2) is 0 Å². The van der Waals surface area contributed by atoms with Gasteiger partial charge in [-0.2, -0.15) is 0 Å². The number of nitrogens with one attached hydrogen (secondary N) is 1. The Hall–Kier alpha value is -1.17. The standard InChI is InChI=1S/C14H21N3OS/c15-14(19)12-4-1-2-5-13(12)16-6-3-7-17-8-10-18-11-9-17/h1-2,4-5,16H,3,6-11H2,(H2,15,19). The van der Waals surface area contributed by atoms with E-state index in [1.54, 1.807) is 0 Å². The highest BCUT2D eigenvalue weighted by Crippen LogP contribution is 2.14. The zero-order valence-electron chi connectivity index (χ0n) is 11.1. The van der Waals surface area contributed by atoms with Crippen LogP contribution in [0.15, 0.2) is 24.3 Å². The van der Waals surface area contributed by atoms with Crippen molar-refractivity contribution in [2.24, 2.45) is 5.73 Å². The van der Waals surface area contributed by atoms with Crippen molar-refractivity contribution in [1.29, 1.82) is 0 Å². The van der Waals surface area contributed by atoms with Crippen molar-refractivity contribution in [3.8, 4) is 0 Å². The summed E-state index contributed by atoms with van der Waals surface area (Å²) in [4.78, 5) is 2.88. The highest BCUT2D eigenvalue weighted by Gasteiger charge is 2.09. The third kappa shape index (κ3) is 4.45. The van der Waals surface area contributed by atoms with Crippen molar-refractivity contribution in [2.75, 3.05) is 44.7 Å². The minimum atomic E-state index is 0.441. The Balaban J connectivity index is 1.74. The second kappa shape index (κ2) is 7.43. The average Bonchev–Trinajstić information content (AvgIpc) is 2.45. The Bertz CT molecular complexity index is 419. The Kier molecular flexibility index (Phi) is 5.57. The molecule has 0 aromatic heterocycles. The Morgan fingerprint density at radius 3 is 2.79 bits per heavy atom. The van der Waals surface area contributed by atoms with Gasteiger partial charge in [0.15, 0.2) is 0 Å². The van der Waals surface area contributed by atoms with E-state index in [1.165, 1.54) is 0 Å². The molecular weight excluding hydrogens is 258 g/mol. The van der Waals surface area contributed by atoms with Gasteiger partial charge in [0, 0.05) is 30.9 Å². The molecule has 0 unspecified atom stereocenters. The number of nitrogens with zero attached hydrogens (tertiary/aromatic N) is 1. The van der Waals surface area contributed by atoms with E-state index in [0.29, 0.717) is 4.99 Å². The summed E-state index contributed by atoms with van der Waals surface area (Å²) in [6.45, 7) is 5.84. The molecule has 19 heavy (non-hydrogen) atoms. The van der Waals surface area contributed by atoms with Gasteiger partial charge < -0.3 is 15.8 Å². The SMILES string of the molecule is NC(=S)c1ccccc1NCCCN1CCOCC1. The summed E-state index contributed by atoms with van der Waals surface area (Å²) >= 11 is 5.05. The van der Waals surface area contributed by atoms with Crippen LogP contribution in [-0.4, -0.2) is 49.3 Å². The maximum Gasteiger partial charge on any atom is 0.106 e. The van der Waals surface area contributed by atoms with Gasteiger partial charge in [0.05, 0.1) is 13.2 Å². The van der Waals surface area contributed by atoms with Crippen molar-refractivity contribution < 1.29 is 4.74 Å². The highest BCUT2D eigenvalue weighted by atomic mass is 32.1. The van der Waals surface area contributed by atoms with Gasteiger partial charge in [-0.3, -0.25) is 4.90 Å². The van der Waals surface area contributed by atoms with Crippen molar-refractivity contribution in [3.05, 3.63) is 29.8 Å². The summed E-state index contributed by atoms with van der Waals surface area (Å²) in [5.41, 5.74) is 7.65. The average molecular weight is 279 g/mol. The summed E-state index contributed by atoms with van der Waals surface area (Å²) in [5, 5.41) is 3.41. The van der Waals surface area contributed by atoms with Crippen LogP contribution in [0.4, 0.5) is 5.69 Å². The first kappa shape index (κ1) is 14.2. The number of morpholine rings is 1. The number of benzene rings is 1. The topological polar surface area (TPSA) is 50.5 Å². The maximum absolute atomic E-state index is 5.71. The Morgan fingerprint density at radius 1 is 1.32 bits per heavy atom. The second-order valence-electron chi connectivity index (χ2n) is 4.64. The fraction of sp³-hybridized carbons (Fsp3) is 0.500. The molecule has 3 N–H and O–H groups in total. The lowest BCUT2D eigenvalue weighted by atomic mass is 10.1. The molecular formula is C14H21N3OS. The van der Waals surface area contributed by atoms with E-state index in [-0.39, 0.29) is 0 Å². The summed E-state index contributed by atoms with van der Waals surface area (Å²) in [6.07, 6.45) is 1.10. The van der Waals surface area contributed by atoms with Gasteiger partial charge in [-0.05, 0) is 25.1 Å². The molecule has 1 heterocycles. The number of nitrogens with two attached hydrogens (primary N) is 1. The smallest absolute Gasteiger partial charge is 0.106 e. The molecule has 1 aliphatic rings. The quantitative estimate of drug-likeness (QED) is 0.610. The number of ether oxygens (including phenoxy) is 1. The van der Waals surface area contributed by atoms with Crippen LogP contribution in [0.5, 0.6) is 0 Å². The zero-order chi connectivity index (χ0) is 13.5. The van der Waals surface area contributed by atoms with Crippen molar-refractivity contribution in [2.45, 2.75) is 6.42 Å². The minimum Gasteiger partial charge on any atom is -0.389 e. The van der Waals surface area contributed by atoms with Crippen LogP contribution in [0.2, 0.25) is 0 Å². The zero-order valence-corrected chi connectivity index (χ0v) is 11.9. The molecule has 0 spiro atoms. The molecule has 5 heteroatoms. The first-order chi connectivity index (χ1) is 9.27. The number of anilines is 1. The molecule has 0 amide bonds. The van der Waals surface area contributed by atoms with Gasteiger partial charge in [0.1, 0.15) is 4.99 Å². The minimum absolute atomic E-state index is 0.441. The first-order valence-corrected chi connectivity index (χ1v) is 7.11. The van der Waals surface area contributed by atoms with E-state index in [2.05, 4.69) is 10.2 Å². The molecule has 0 radical (unpaired) electrons. The third-order valence-electron chi connectivity index (χ3n) is 3.26. The molecule has 1 aromatic rings. The van der Waals surface area contributed by atoms with Crippen LogP contribution < -0.4 is 11.1 Å². The van der Waals surface area contributed by atoms with Crippen LogP contribution >= 0.6 is 12.2 Å². The van der Waals surface area contributed by atoms with E-state index in [1.807, 2.05) is 24.3 Å². The lowest BCUT2D eigenvalue weighted by molar-refractivity contribution is 0.0378. The Morgan fingerprint density at radius 2 is 2.05 bits per heavy atom. The van der Waals surface area contributed by atoms with Gasteiger partial charge in [-0.1, -0.05) is 24.4 Å². The van der Waals surface area contributed by atoms with E-state index in [0.717, 1.165) is 57.1 Å². The summed E-state index contributed by atoms with van der Waals surface area (Å²) in [6, 6.07) is 7.91. The van der Waals surface area contributed by atoms with Crippen molar-refractivity contribution >= 4 is 22.9 Å². The van der Waals surface area contributed by atoms with Crippen molar-refractivity contribution in [3.63, 3.8) is 0 Å². The van der Waals surface area contributed by atoms with Gasteiger partial charge in [-0.15, -0.1) is 0 Å². The number of rotatable bonds is 6. The molecule has 1 fully saturated rings. The molecule has 4 nitrogen and oxygen atoms in total. The lowest BCUT2D eigenvalue weighted by Crippen LogP contribution is -2.37. The van der Waals surface area contributed by atoms with Crippen LogP contribution in [0.3, 0.4) is 0 Å².